The van der Waals surface area contributed by atoms with Crippen molar-refractivity contribution in [2.45, 2.75) is 18.9 Å². The SMILES string of the molecule is [N-]=[N+]=Nc1ccc(N2CCN3CCCC3C2)cc1. The van der Waals surface area contributed by atoms with E-state index in [0.29, 0.717) is 5.69 Å². The molecule has 1 atom stereocenters. The summed E-state index contributed by atoms with van der Waals surface area (Å²) in [6.07, 6.45) is 2.67. The number of azide groups is 1. The van der Waals surface area contributed by atoms with E-state index in [1.807, 2.05) is 12.1 Å². The third-order valence-electron chi connectivity index (χ3n) is 3.96. The Hall–Kier alpha value is -1.71. The molecule has 94 valence electrons. The first-order valence-electron chi connectivity index (χ1n) is 6.51. The van der Waals surface area contributed by atoms with Crippen molar-refractivity contribution in [3.63, 3.8) is 0 Å². The van der Waals surface area contributed by atoms with Crippen LogP contribution in [0.1, 0.15) is 12.8 Å². The van der Waals surface area contributed by atoms with Gasteiger partial charge in [0, 0.05) is 42.0 Å². The minimum Gasteiger partial charge on any atom is -0.369 e. The first-order chi connectivity index (χ1) is 8.86. The van der Waals surface area contributed by atoms with Crippen LogP contribution in [-0.4, -0.2) is 37.1 Å². The molecule has 0 spiro atoms. The number of nitrogens with zero attached hydrogens (tertiary/aromatic N) is 5. The molecule has 5 heteroatoms. The Morgan fingerprint density at radius 3 is 2.78 bits per heavy atom. The highest BCUT2D eigenvalue weighted by atomic mass is 15.3. The van der Waals surface area contributed by atoms with Gasteiger partial charge in [0.2, 0.25) is 0 Å². The minimum absolute atomic E-state index is 0.681. The lowest BCUT2D eigenvalue weighted by Gasteiger charge is -2.38. The summed E-state index contributed by atoms with van der Waals surface area (Å²) in [6, 6.07) is 8.60. The third kappa shape index (κ3) is 2.15. The van der Waals surface area contributed by atoms with Gasteiger partial charge in [-0.2, -0.15) is 0 Å². The molecule has 2 fully saturated rings. The number of fused-ring (bicyclic) bond motifs is 1. The summed E-state index contributed by atoms with van der Waals surface area (Å²) < 4.78 is 0. The van der Waals surface area contributed by atoms with Gasteiger partial charge in [0.1, 0.15) is 0 Å². The second kappa shape index (κ2) is 4.88. The molecule has 1 aromatic carbocycles. The largest absolute Gasteiger partial charge is 0.369 e. The second-order valence-corrected chi connectivity index (χ2v) is 4.98. The lowest BCUT2D eigenvalue weighted by molar-refractivity contribution is 0.231. The highest BCUT2D eigenvalue weighted by Gasteiger charge is 2.30. The van der Waals surface area contributed by atoms with Crippen molar-refractivity contribution in [1.29, 1.82) is 0 Å². The van der Waals surface area contributed by atoms with Crippen LogP contribution in [0, 0.1) is 0 Å². The maximum absolute atomic E-state index is 8.38. The lowest BCUT2D eigenvalue weighted by Crippen LogP contribution is -2.50. The lowest BCUT2D eigenvalue weighted by atomic mass is 10.1. The van der Waals surface area contributed by atoms with Crippen molar-refractivity contribution in [3.05, 3.63) is 34.7 Å². The molecule has 3 rings (SSSR count). The molecule has 1 unspecified atom stereocenters. The zero-order chi connectivity index (χ0) is 12.4. The molecule has 0 amide bonds. The predicted molar refractivity (Wildman–Crippen MR) is 72.1 cm³/mol. The van der Waals surface area contributed by atoms with Gasteiger partial charge in [-0.1, -0.05) is 17.2 Å². The van der Waals surface area contributed by atoms with E-state index in [0.717, 1.165) is 19.1 Å². The van der Waals surface area contributed by atoms with Gasteiger partial charge in [-0.05, 0) is 37.1 Å². The monoisotopic (exact) mass is 243 g/mol. The second-order valence-electron chi connectivity index (χ2n) is 4.98. The number of benzene rings is 1. The summed E-state index contributed by atoms with van der Waals surface area (Å²) in [4.78, 5) is 7.84. The number of hydrogen-bond donors (Lipinski definition) is 0. The van der Waals surface area contributed by atoms with Gasteiger partial charge < -0.3 is 4.90 Å². The number of hydrogen-bond acceptors (Lipinski definition) is 3. The molecule has 2 aliphatic heterocycles. The Labute approximate surface area is 107 Å². The Kier molecular flexibility index (Phi) is 3.09. The van der Waals surface area contributed by atoms with Gasteiger partial charge in [0.05, 0.1) is 0 Å². The number of anilines is 1. The van der Waals surface area contributed by atoms with E-state index in [1.165, 1.54) is 31.6 Å². The average Bonchev–Trinajstić information content (AvgIpc) is 2.87. The van der Waals surface area contributed by atoms with Gasteiger partial charge in [-0.15, -0.1) is 0 Å². The summed E-state index contributed by atoms with van der Waals surface area (Å²) in [7, 11) is 0. The first kappa shape index (κ1) is 11.4. The normalized spacial score (nSPS) is 23.6. The van der Waals surface area contributed by atoms with Gasteiger partial charge in [0.15, 0.2) is 0 Å². The van der Waals surface area contributed by atoms with Crippen LogP contribution in [0.3, 0.4) is 0 Å². The van der Waals surface area contributed by atoms with Gasteiger partial charge in [-0.3, -0.25) is 4.90 Å². The fraction of sp³-hybridized carbons (Fsp3) is 0.538. The molecule has 2 saturated heterocycles. The van der Waals surface area contributed by atoms with Gasteiger partial charge in [-0.25, -0.2) is 0 Å². The average molecular weight is 243 g/mol. The molecule has 5 nitrogen and oxygen atoms in total. The topological polar surface area (TPSA) is 55.2 Å². The van der Waals surface area contributed by atoms with E-state index in [1.54, 1.807) is 0 Å². The molecular weight excluding hydrogens is 226 g/mol. The zero-order valence-electron chi connectivity index (χ0n) is 10.4. The fourth-order valence-corrected chi connectivity index (χ4v) is 3.01. The van der Waals surface area contributed by atoms with Crippen LogP contribution in [0.15, 0.2) is 29.4 Å². The Morgan fingerprint density at radius 1 is 1.17 bits per heavy atom. The van der Waals surface area contributed by atoms with Crippen LogP contribution in [0.5, 0.6) is 0 Å². The predicted octanol–water partition coefficient (Wildman–Crippen LogP) is 2.91. The summed E-state index contributed by atoms with van der Waals surface area (Å²) in [6.45, 7) is 4.66. The van der Waals surface area contributed by atoms with Gasteiger partial charge in [0.25, 0.3) is 0 Å². The van der Waals surface area contributed by atoms with Crippen LogP contribution in [-0.2, 0) is 0 Å². The molecule has 0 bridgehead atoms. The highest BCUT2D eigenvalue weighted by Crippen LogP contribution is 2.26. The first-order valence-corrected chi connectivity index (χ1v) is 6.51. The molecule has 2 aliphatic rings. The summed E-state index contributed by atoms with van der Waals surface area (Å²) in [5.41, 5.74) is 10.3. The van der Waals surface area contributed by atoms with Crippen LogP contribution in [0.25, 0.3) is 10.4 Å². The third-order valence-corrected chi connectivity index (χ3v) is 3.96. The maximum atomic E-state index is 8.38. The molecule has 0 aromatic heterocycles. The molecule has 0 aliphatic carbocycles. The Bertz CT molecular complexity index is 463. The van der Waals surface area contributed by atoms with Crippen LogP contribution in [0.4, 0.5) is 11.4 Å². The summed E-state index contributed by atoms with van der Waals surface area (Å²) in [5.74, 6) is 0. The smallest absolute Gasteiger partial charge is 0.0376 e. The summed E-state index contributed by atoms with van der Waals surface area (Å²) >= 11 is 0. The standard InChI is InChI=1S/C13H17N5/c14-16-15-11-3-5-12(6-4-11)18-9-8-17-7-1-2-13(17)10-18/h3-6,13H,1-2,7-10H2. The molecule has 18 heavy (non-hydrogen) atoms. The van der Waals surface area contributed by atoms with Crippen molar-refractivity contribution in [2.75, 3.05) is 31.1 Å². The van der Waals surface area contributed by atoms with Crippen LogP contribution in [0.2, 0.25) is 0 Å². The highest BCUT2D eigenvalue weighted by molar-refractivity contribution is 5.53. The maximum Gasteiger partial charge on any atom is 0.0376 e. The van der Waals surface area contributed by atoms with E-state index >= 15 is 0 Å². The van der Waals surface area contributed by atoms with Gasteiger partial charge >= 0.3 is 0 Å². The van der Waals surface area contributed by atoms with Crippen molar-refractivity contribution in [1.82, 2.24) is 4.90 Å². The van der Waals surface area contributed by atoms with E-state index in [-0.39, 0.29) is 0 Å². The van der Waals surface area contributed by atoms with Crippen LogP contribution >= 0.6 is 0 Å². The Morgan fingerprint density at radius 2 is 2.00 bits per heavy atom. The Balaban J connectivity index is 1.72. The molecule has 0 saturated carbocycles. The van der Waals surface area contributed by atoms with Crippen molar-refractivity contribution >= 4 is 11.4 Å². The molecule has 0 radical (unpaired) electrons. The van der Waals surface area contributed by atoms with E-state index in [4.69, 9.17) is 5.53 Å². The summed E-state index contributed by atoms with van der Waals surface area (Å²) in [5, 5.41) is 3.60. The van der Waals surface area contributed by atoms with Crippen molar-refractivity contribution in [2.24, 2.45) is 5.11 Å². The number of piperazine rings is 1. The zero-order valence-corrected chi connectivity index (χ0v) is 10.4. The minimum atomic E-state index is 0.681. The van der Waals surface area contributed by atoms with E-state index in [9.17, 15) is 0 Å². The molecule has 2 heterocycles. The van der Waals surface area contributed by atoms with E-state index in [2.05, 4.69) is 32.0 Å². The van der Waals surface area contributed by atoms with Crippen molar-refractivity contribution in [3.8, 4) is 0 Å². The van der Waals surface area contributed by atoms with Crippen LogP contribution < -0.4 is 4.90 Å². The van der Waals surface area contributed by atoms with E-state index < -0.39 is 0 Å². The number of rotatable bonds is 2. The quantitative estimate of drug-likeness (QED) is 0.455. The molecule has 0 N–H and O–H groups in total. The molecule has 1 aromatic rings. The van der Waals surface area contributed by atoms with Crippen molar-refractivity contribution < 1.29 is 0 Å². The molecular formula is C13H17N5. The fourth-order valence-electron chi connectivity index (χ4n) is 3.01.